The van der Waals surface area contributed by atoms with Crippen LogP contribution in [0.3, 0.4) is 0 Å². The van der Waals surface area contributed by atoms with Crippen LogP contribution in [0.1, 0.15) is 38.2 Å². The predicted octanol–water partition coefficient (Wildman–Crippen LogP) is 4.60. The number of hydrogen-bond donors (Lipinski definition) is 1. The summed E-state index contributed by atoms with van der Waals surface area (Å²) in [6.07, 6.45) is 0.450. The summed E-state index contributed by atoms with van der Waals surface area (Å²) in [6.45, 7) is 5.82. The summed E-state index contributed by atoms with van der Waals surface area (Å²) in [6, 6.07) is 15.4. The van der Waals surface area contributed by atoms with Gasteiger partial charge in [-0.3, -0.25) is 4.79 Å². The number of rotatable bonds is 10. The molecule has 2 atom stereocenters. The molecule has 0 spiro atoms. The molecule has 3 aromatic rings. The van der Waals surface area contributed by atoms with Crippen LogP contribution in [0.4, 0.5) is 8.78 Å². The SMILES string of the molecule is COCC(=O)N(C[C@@H](F)CN)[C@@H](c1nc(-c2cccc(F)c2)cn1Cc1ccccc1)C(C)(C)C. The van der Waals surface area contributed by atoms with Crippen molar-refractivity contribution in [2.24, 2.45) is 11.1 Å². The number of methoxy groups -OCH3 is 1. The van der Waals surface area contributed by atoms with Crippen LogP contribution in [0.5, 0.6) is 0 Å². The fourth-order valence-electron chi connectivity index (χ4n) is 4.18. The second kappa shape index (κ2) is 11.6. The first-order valence-electron chi connectivity index (χ1n) is 11.6. The minimum atomic E-state index is -1.40. The van der Waals surface area contributed by atoms with Crippen LogP contribution < -0.4 is 5.73 Å². The molecule has 1 heterocycles. The highest BCUT2D eigenvalue weighted by Crippen LogP contribution is 2.39. The van der Waals surface area contributed by atoms with Gasteiger partial charge >= 0.3 is 0 Å². The van der Waals surface area contributed by atoms with Crippen molar-refractivity contribution < 1.29 is 18.3 Å². The quantitative estimate of drug-likeness (QED) is 0.457. The van der Waals surface area contributed by atoms with Gasteiger partial charge in [-0.2, -0.15) is 0 Å². The molecule has 6 nitrogen and oxygen atoms in total. The molecule has 0 radical (unpaired) electrons. The summed E-state index contributed by atoms with van der Waals surface area (Å²) in [5.74, 6) is -0.145. The molecule has 0 aliphatic heterocycles. The molecular formula is C27H34F2N4O2. The third kappa shape index (κ3) is 6.74. The normalized spacial score (nSPS) is 13.5. The standard InChI is InChI=1S/C27H34F2N4O2/c1-27(2,3)25(33(16-22(29)14-30)24(34)18-35-4)26-31-23(20-11-8-12-21(28)13-20)17-32(26)15-19-9-6-5-7-10-19/h5-13,17,22,25H,14-16,18,30H2,1-4H3/t22-,25-/m0/s1. The lowest BCUT2D eigenvalue weighted by Gasteiger charge is -2.40. The van der Waals surface area contributed by atoms with Gasteiger partial charge in [-0.15, -0.1) is 0 Å². The van der Waals surface area contributed by atoms with Crippen molar-refractivity contribution in [1.29, 1.82) is 0 Å². The van der Waals surface area contributed by atoms with E-state index in [1.165, 1.54) is 24.1 Å². The third-order valence-corrected chi connectivity index (χ3v) is 5.74. The van der Waals surface area contributed by atoms with Crippen molar-refractivity contribution in [2.45, 2.75) is 39.5 Å². The molecule has 0 aliphatic rings. The van der Waals surface area contributed by atoms with Crippen molar-refractivity contribution in [3.8, 4) is 11.3 Å². The van der Waals surface area contributed by atoms with E-state index in [4.69, 9.17) is 15.5 Å². The van der Waals surface area contributed by atoms with E-state index in [2.05, 4.69) is 0 Å². The summed E-state index contributed by atoms with van der Waals surface area (Å²) in [4.78, 5) is 19.5. The van der Waals surface area contributed by atoms with E-state index < -0.39 is 17.6 Å². The molecule has 0 unspecified atom stereocenters. The molecule has 8 heteroatoms. The lowest BCUT2D eigenvalue weighted by atomic mass is 9.84. The van der Waals surface area contributed by atoms with E-state index in [0.29, 0.717) is 23.6 Å². The van der Waals surface area contributed by atoms with E-state index in [1.807, 2.05) is 61.9 Å². The number of carbonyl (C=O) groups is 1. The van der Waals surface area contributed by atoms with Gasteiger partial charge in [-0.1, -0.05) is 63.2 Å². The van der Waals surface area contributed by atoms with Gasteiger partial charge in [0.05, 0.1) is 18.3 Å². The Labute approximate surface area is 205 Å². The van der Waals surface area contributed by atoms with Crippen molar-refractivity contribution in [2.75, 3.05) is 26.8 Å². The average molecular weight is 485 g/mol. The van der Waals surface area contributed by atoms with Crippen LogP contribution >= 0.6 is 0 Å². The maximum atomic E-state index is 14.6. The zero-order chi connectivity index (χ0) is 25.6. The zero-order valence-electron chi connectivity index (χ0n) is 20.7. The molecule has 0 saturated heterocycles. The highest BCUT2D eigenvalue weighted by Gasteiger charge is 2.39. The topological polar surface area (TPSA) is 73.4 Å². The number of carbonyl (C=O) groups excluding carboxylic acids is 1. The number of benzene rings is 2. The van der Waals surface area contributed by atoms with Crippen LogP contribution in [0.25, 0.3) is 11.3 Å². The molecule has 0 saturated carbocycles. The van der Waals surface area contributed by atoms with Crippen LogP contribution in [0.2, 0.25) is 0 Å². The van der Waals surface area contributed by atoms with Crippen molar-refractivity contribution >= 4 is 5.91 Å². The monoisotopic (exact) mass is 484 g/mol. The fourth-order valence-corrected chi connectivity index (χ4v) is 4.18. The first-order chi connectivity index (χ1) is 16.6. The largest absolute Gasteiger partial charge is 0.375 e. The molecule has 1 aromatic heterocycles. The second-order valence-corrected chi connectivity index (χ2v) is 9.69. The molecule has 35 heavy (non-hydrogen) atoms. The van der Waals surface area contributed by atoms with Gasteiger partial charge in [0.25, 0.3) is 0 Å². The van der Waals surface area contributed by atoms with Crippen LogP contribution in [-0.4, -0.2) is 53.3 Å². The van der Waals surface area contributed by atoms with Gasteiger partial charge < -0.3 is 19.9 Å². The highest BCUT2D eigenvalue weighted by molar-refractivity contribution is 5.78. The summed E-state index contributed by atoms with van der Waals surface area (Å²) in [5.41, 5.74) is 7.27. The van der Waals surface area contributed by atoms with Crippen molar-refractivity contribution in [3.05, 3.63) is 78.0 Å². The zero-order valence-corrected chi connectivity index (χ0v) is 20.7. The minimum absolute atomic E-state index is 0.186. The van der Waals surface area contributed by atoms with E-state index >= 15 is 0 Å². The first-order valence-corrected chi connectivity index (χ1v) is 11.6. The first kappa shape index (κ1) is 26.5. The minimum Gasteiger partial charge on any atom is -0.375 e. The van der Waals surface area contributed by atoms with Gasteiger partial charge in [-0.05, 0) is 23.1 Å². The van der Waals surface area contributed by atoms with E-state index in [-0.39, 0.29) is 31.4 Å². The van der Waals surface area contributed by atoms with Gasteiger partial charge in [0.1, 0.15) is 24.4 Å². The second-order valence-electron chi connectivity index (χ2n) is 9.69. The average Bonchev–Trinajstić information content (AvgIpc) is 3.21. The van der Waals surface area contributed by atoms with E-state index in [9.17, 15) is 13.6 Å². The maximum Gasteiger partial charge on any atom is 0.249 e. The highest BCUT2D eigenvalue weighted by atomic mass is 19.1. The third-order valence-electron chi connectivity index (χ3n) is 5.74. The maximum absolute atomic E-state index is 14.6. The Morgan fingerprint density at radius 1 is 1.17 bits per heavy atom. The lowest BCUT2D eigenvalue weighted by molar-refractivity contribution is -0.141. The Balaban J connectivity index is 2.18. The summed E-state index contributed by atoms with van der Waals surface area (Å²) >= 11 is 0. The molecule has 0 bridgehead atoms. The molecule has 0 aliphatic carbocycles. The van der Waals surface area contributed by atoms with Crippen LogP contribution in [0, 0.1) is 11.2 Å². The Morgan fingerprint density at radius 2 is 1.89 bits per heavy atom. The molecule has 3 rings (SSSR count). The Bertz CT molecular complexity index is 1110. The number of ether oxygens (including phenoxy) is 1. The number of aromatic nitrogens is 2. The summed E-state index contributed by atoms with van der Waals surface area (Å²) < 4.78 is 35.6. The van der Waals surface area contributed by atoms with Crippen LogP contribution in [-0.2, 0) is 16.1 Å². The van der Waals surface area contributed by atoms with Gasteiger partial charge in [0, 0.05) is 32.0 Å². The number of alkyl halides is 1. The molecule has 2 N–H and O–H groups in total. The van der Waals surface area contributed by atoms with Gasteiger partial charge in [0.15, 0.2) is 0 Å². The van der Waals surface area contributed by atoms with E-state index in [1.54, 1.807) is 12.1 Å². The fraction of sp³-hybridized carbons (Fsp3) is 0.407. The summed E-state index contributed by atoms with van der Waals surface area (Å²) in [5, 5.41) is 0. The van der Waals surface area contributed by atoms with Gasteiger partial charge in [-0.25, -0.2) is 13.8 Å². The lowest BCUT2D eigenvalue weighted by Crippen LogP contribution is -2.47. The number of amides is 1. The molecular weight excluding hydrogens is 450 g/mol. The van der Waals surface area contributed by atoms with Crippen LogP contribution in [0.15, 0.2) is 60.8 Å². The number of halogens is 2. The molecule has 2 aromatic carbocycles. The number of nitrogens with two attached hydrogens (primary N) is 1. The van der Waals surface area contributed by atoms with Crippen molar-refractivity contribution in [1.82, 2.24) is 14.5 Å². The van der Waals surface area contributed by atoms with Gasteiger partial charge in [0.2, 0.25) is 5.91 Å². The Kier molecular flexibility index (Phi) is 8.75. The smallest absolute Gasteiger partial charge is 0.249 e. The Morgan fingerprint density at radius 3 is 2.49 bits per heavy atom. The van der Waals surface area contributed by atoms with E-state index in [0.717, 1.165) is 5.56 Å². The predicted molar refractivity (Wildman–Crippen MR) is 133 cm³/mol. The number of hydrogen-bond acceptors (Lipinski definition) is 4. The number of nitrogens with zero attached hydrogens (tertiary/aromatic N) is 3. The Hall–Kier alpha value is -3.10. The molecule has 188 valence electrons. The molecule has 0 fully saturated rings. The molecule has 1 amide bonds. The summed E-state index contributed by atoms with van der Waals surface area (Å²) in [7, 11) is 1.43. The number of imidazole rings is 1. The van der Waals surface area contributed by atoms with Crippen molar-refractivity contribution in [3.63, 3.8) is 0 Å².